The number of para-hydroxylation sites is 1. The summed E-state index contributed by atoms with van der Waals surface area (Å²) in [6.07, 6.45) is -1.27. The summed E-state index contributed by atoms with van der Waals surface area (Å²) in [5.74, 6) is 0. The van der Waals surface area contributed by atoms with Crippen molar-refractivity contribution < 1.29 is 29.3 Å². The SMILES string of the molecule is CC(C)(C)OC(=O)N[C@@H](Cc1ccccc1)[C@H](O)CNC[C@@H](O)[C@@H](NC(=O)OCc1ccccc1)c1c[nH]c2ccccc12. The van der Waals surface area contributed by atoms with Gasteiger partial charge in [0.2, 0.25) is 0 Å². The van der Waals surface area contributed by atoms with E-state index in [1.54, 1.807) is 27.0 Å². The van der Waals surface area contributed by atoms with E-state index < -0.39 is 42.1 Å². The summed E-state index contributed by atoms with van der Waals surface area (Å²) in [7, 11) is 0. The molecule has 0 radical (unpaired) electrons. The van der Waals surface area contributed by atoms with Crippen molar-refractivity contribution in [1.29, 1.82) is 0 Å². The van der Waals surface area contributed by atoms with Gasteiger partial charge in [-0.1, -0.05) is 78.9 Å². The second kappa shape index (κ2) is 15.4. The Bertz CT molecular complexity index is 1470. The number of carbonyl (C=O) groups excluding carboxylic acids is 2. The smallest absolute Gasteiger partial charge is 0.408 e. The molecule has 2 amide bonds. The Kier molecular flexibility index (Phi) is 11.4. The Labute approximate surface area is 257 Å². The average molecular weight is 603 g/mol. The molecule has 0 saturated heterocycles. The molecule has 0 aliphatic carbocycles. The van der Waals surface area contributed by atoms with Crippen LogP contribution < -0.4 is 16.0 Å². The fourth-order valence-electron chi connectivity index (χ4n) is 4.87. The lowest BCUT2D eigenvalue weighted by Gasteiger charge is -2.28. The first kappa shape index (κ1) is 32.5. The third-order valence-corrected chi connectivity index (χ3v) is 7.00. The van der Waals surface area contributed by atoms with E-state index in [-0.39, 0.29) is 19.7 Å². The highest BCUT2D eigenvalue weighted by Gasteiger charge is 2.28. The lowest BCUT2D eigenvalue weighted by Crippen LogP contribution is -2.51. The Morgan fingerprint density at radius 1 is 0.795 bits per heavy atom. The highest BCUT2D eigenvalue weighted by atomic mass is 16.6. The van der Waals surface area contributed by atoms with E-state index in [4.69, 9.17) is 9.47 Å². The minimum atomic E-state index is -1.09. The normalized spacial score (nSPS) is 14.3. The van der Waals surface area contributed by atoms with E-state index in [2.05, 4.69) is 20.9 Å². The molecule has 234 valence electrons. The first-order valence-electron chi connectivity index (χ1n) is 14.7. The van der Waals surface area contributed by atoms with Gasteiger partial charge in [0, 0.05) is 35.8 Å². The summed E-state index contributed by atoms with van der Waals surface area (Å²) in [6, 6.07) is 25.0. The summed E-state index contributed by atoms with van der Waals surface area (Å²) in [5.41, 5.74) is 2.64. The Hall–Kier alpha value is -4.38. The van der Waals surface area contributed by atoms with E-state index in [1.807, 2.05) is 84.9 Å². The number of hydrogen-bond acceptors (Lipinski definition) is 7. The molecular formula is C34H42N4O6. The predicted octanol–water partition coefficient (Wildman–Crippen LogP) is 4.58. The molecule has 0 aliphatic rings. The molecular weight excluding hydrogens is 560 g/mol. The number of alkyl carbamates (subject to hydrolysis) is 2. The number of aromatic amines is 1. The molecule has 0 spiro atoms. The monoisotopic (exact) mass is 602 g/mol. The highest BCUT2D eigenvalue weighted by molar-refractivity contribution is 5.84. The first-order chi connectivity index (χ1) is 21.1. The number of hydrogen-bond donors (Lipinski definition) is 6. The Balaban J connectivity index is 1.42. The molecule has 4 atom stereocenters. The number of rotatable bonds is 13. The van der Waals surface area contributed by atoms with Gasteiger partial charge in [0.05, 0.1) is 24.3 Å². The molecule has 1 aromatic heterocycles. The number of nitrogens with one attached hydrogen (secondary N) is 4. The number of H-pyrrole nitrogens is 1. The molecule has 0 bridgehead atoms. The minimum Gasteiger partial charge on any atom is -0.445 e. The van der Waals surface area contributed by atoms with Gasteiger partial charge in [-0.2, -0.15) is 0 Å². The standard InChI is InChI=1S/C34H42N4O6/c1-34(2,3)44-33(42)37-28(18-23-12-6-4-7-13-23)29(39)20-35-21-30(40)31(26-19-36-27-17-11-10-16-25(26)27)38-32(41)43-22-24-14-8-5-9-15-24/h4-17,19,28-31,35-36,39-40H,18,20-22H2,1-3H3,(H,37,42)(H,38,41)/t28-,29+,30+,31-/m0/s1. The van der Waals surface area contributed by atoms with Gasteiger partial charge in [0.25, 0.3) is 0 Å². The number of amides is 2. The van der Waals surface area contributed by atoms with E-state index >= 15 is 0 Å². The molecule has 0 aliphatic heterocycles. The first-order valence-corrected chi connectivity index (χ1v) is 14.7. The van der Waals surface area contributed by atoms with Crippen molar-refractivity contribution in [2.45, 2.75) is 63.7 Å². The van der Waals surface area contributed by atoms with Crippen LogP contribution >= 0.6 is 0 Å². The van der Waals surface area contributed by atoms with Crippen LogP contribution in [0.5, 0.6) is 0 Å². The van der Waals surface area contributed by atoms with Gasteiger partial charge >= 0.3 is 12.2 Å². The van der Waals surface area contributed by atoms with Crippen molar-refractivity contribution >= 4 is 23.1 Å². The summed E-state index contributed by atoms with van der Waals surface area (Å²) >= 11 is 0. The van der Waals surface area contributed by atoms with Crippen LogP contribution in [0.4, 0.5) is 9.59 Å². The maximum Gasteiger partial charge on any atom is 0.408 e. The van der Waals surface area contributed by atoms with Crippen LogP contribution in [0.3, 0.4) is 0 Å². The van der Waals surface area contributed by atoms with Crippen LogP contribution in [0.2, 0.25) is 0 Å². The molecule has 4 aromatic rings. The number of ether oxygens (including phenoxy) is 2. The van der Waals surface area contributed by atoms with E-state index in [9.17, 15) is 19.8 Å². The largest absolute Gasteiger partial charge is 0.445 e. The van der Waals surface area contributed by atoms with Gasteiger partial charge in [0.1, 0.15) is 12.2 Å². The topological polar surface area (TPSA) is 145 Å². The van der Waals surface area contributed by atoms with Crippen molar-refractivity contribution in [2.24, 2.45) is 0 Å². The van der Waals surface area contributed by atoms with Gasteiger partial charge in [-0.15, -0.1) is 0 Å². The zero-order chi connectivity index (χ0) is 31.5. The molecule has 4 rings (SSSR count). The van der Waals surface area contributed by atoms with Gasteiger partial charge in [0.15, 0.2) is 0 Å². The number of benzene rings is 3. The average Bonchev–Trinajstić information content (AvgIpc) is 3.42. The maximum absolute atomic E-state index is 12.8. The van der Waals surface area contributed by atoms with Gasteiger partial charge in [-0.05, 0) is 44.4 Å². The fraction of sp³-hybridized carbons (Fsp3) is 0.353. The molecule has 1 heterocycles. The Morgan fingerprint density at radius 2 is 1.41 bits per heavy atom. The highest BCUT2D eigenvalue weighted by Crippen LogP contribution is 2.26. The number of aliphatic hydroxyl groups is 2. The van der Waals surface area contributed by atoms with Crippen LogP contribution in [0, 0.1) is 0 Å². The zero-order valence-corrected chi connectivity index (χ0v) is 25.3. The van der Waals surface area contributed by atoms with E-state index in [1.165, 1.54) is 0 Å². The molecule has 10 nitrogen and oxygen atoms in total. The molecule has 10 heteroatoms. The second-order valence-electron chi connectivity index (χ2n) is 11.7. The van der Waals surface area contributed by atoms with Crippen LogP contribution in [-0.2, 0) is 22.5 Å². The summed E-state index contributed by atoms with van der Waals surface area (Å²) < 4.78 is 10.9. The van der Waals surface area contributed by atoms with Crippen LogP contribution in [0.1, 0.15) is 43.5 Å². The third-order valence-electron chi connectivity index (χ3n) is 7.00. The molecule has 3 aromatic carbocycles. The third kappa shape index (κ3) is 9.84. The predicted molar refractivity (Wildman–Crippen MR) is 169 cm³/mol. The molecule has 0 fully saturated rings. The quantitative estimate of drug-likeness (QED) is 0.131. The van der Waals surface area contributed by atoms with Gasteiger partial charge < -0.3 is 40.6 Å². The molecule has 6 N–H and O–H groups in total. The lowest BCUT2D eigenvalue weighted by atomic mass is 9.99. The fourth-order valence-corrected chi connectivity index (χ4v) is 4.87. The van der Waals surface area contributed by atoms with Gasteiger partial charge in [-0.25, -0.2) is 9.59 Å². The second-order valence-corrected chi connectivity index (χ2v) is 11.7. The van der Waals surface area contributed by atoms with Crippen molar-refractivity contribution in [2.75, 3.05) is 13.1 Å². The van der Waals surface area contributed by atoms with Crippen molar-refractivity contribution in [1.82, 2.24) is 20.9 Å². The van der Waals surface area contributed by atoms with Crippen LogP contribution in [0.25, 0.3) is 10.9 Å². The minimum absolute atomic E-state index is 0.0324. The molecule has 44 heavy (non-hydrogen) atoms. The van der Waals surface area contributed by atoms with Crippen LogP contribution in [0.15, 0.2) is 91.1 Å². The summed E-state index contributed by atoms with van der Waals surface area (Å²) in [6.45, 7) is 5.49. The zero-order valence-electron chi connectivity index (χ0n) is 25.3. The van der Waals surface area contributed by atoms with Crippen LogP contribution in [-0.4, -0.2) is 64.3 Å². The Morgan fingerprint density at radius 3 is 2.09 bits per heavy atom. The number of aromatic nitrogens is 1. The van der Waals surface area contributed by atoms with Crippen molar-refractivity contribution in [3.63, 3.8) is 0 Å². The molecule has 0 unspecified atom stereocenters. The number of fused-ring (bicyclic) bond motifs is 1. The summed E-state index contributed by atoms with van der Waals surface area (Å²) in [4.78, 5) is 28.6. The summed E-state index contributed by atoms with van der Waals surface area (Å²) in [5, 5.41) is 32.0. The van der Waals surface area contributed by atoms with Gasteiger partial charge in [-0.3, -0.25) is 0 Å². The van der Waals surface area contributed by atoms with E-state index in [0.29, 0.717) is 12.0 Å². The number of carbonyl (C=O) groups is 2. The van der Waals surface area contributed by atoms with Crippen molar-refractivity contribution in [3.05, 3.63) is 108 Å². The lowest BCUT2D eigenvalue weighted by molar-refractivity contribution is 0.0415. The maximum atomic E-state index is 12.8. The number of aliphatic hydroxyl groups excluding tert-OH is 2. The van der Waals surface area contributed by atoms with Crippen molar-refractivity contribution in [3.8, 4) is 0 Å². The van der Waals surface area contributed by atoms with E-state index in [0.717, 1.165) is 22.0 Å². The molecule has 0 saturated carbocycles.